The summed E-state index contributed by atoms with van der Waals surface area (Å²) in [6.07, 6.45) is 4.82. The summed E-state index contributed by atoms with van der Waals surface area (Å²) in [5.74, 6) is 0. The molecule has 0 unspecified atom stereocenters. The third kappa shape index (κ3) is 3.97. The molecular formula is C21H20N4O3S. The molecule has 0 radical (unpaired) electrons. The number of pyridine rings is 2. The zero-order valence-electron chi connectivity index (χ0n) is 15.9. The molecule has 8 heteroatoms. The molecule has 0 fully saturated rings. The van der Waals surface area contributed by atoms with Crippen LogP contribution in [0.2, 0.25) is 0 Å². The van der Waals surface area contributed by atoms with Crippen LogP contribution in [0.5, 0.6) is 0 Å². The standard InChI is InChI=1S/C21H20N4O3S/c1-15-3-2-4-19(9-15)29(27,28)20-6-5-18(23-12-20)11-24-21(26)25-13-16-7-8-22-10-17(16)14-25/h2-10,12H,11,13-14H2,1H3,(H,24,26). The maximum Gasteiger partial charge on any atom is 0.318 e. The maximum atomic E-state index is 12.7. The molecule has 1 aliphatic rings. The van der Waals surface area contributed by atoms with Gasteiger partial charge in [-0.3, -0.25) is 9.97 Å². The number of aromatic nitrogens is 2. The van der Waals surface area contributed by atoms with Gasteiger partial charge in [-0.25, -0.2) is 13.2 Å². The van der Waals surface area contributed by atoms with E-state index in [1.807, 2.05) is 19.1 Å². The van der Waals surface area contributed by atoms with Crippen molar-refractivity contribution in [2.75, 3.05) is 0 Å². The summed E-state index contributed by atoms with van der Waals surface area (Å²) in [7, 11) is -3.62. The fourth-order valence-corrected chi connectivity index (χ4v) is 4.54. The van der Waals surface area contributed by atoms with Crippen molar-refractivity contribution in [2.45, 2.75) is 36.3 Å². The lowest BCUT2D eigenvalue weighted by Gasteiger charge is -2.16. The van der Waals surface area contributed by atoms with E-state index in [1.54, 1.807) is 41.6 Å². The molecule has 0 spiro atoms. The lowest BCUT2D eigenvalue weighted by molar-refractivity contribution is 0.198. The summed E-state index contributed by atoms with van der Waals surface area (Å²) in [6.45, 7) is 3.13. The molecule has 0 bridgehead atoms. The van der Waals surface area contributed by atoms with Crippen LogP contribution in [0.3, 0.4) is 0 Å². The summed E-state index contributed by atoms with van der Waals surface area (Å²) in [4.78, 5) is 22.8. The first-order valence-corrected chi connectivity index (χ1v) is 10.6. The van der Waals surface area contributed by atoms with Gasteiger partial charge in [0.15, 0.2) is 0 Å². The van der Waals surface area contributed by atoms with Crippen molar-refractivity contribution in [3.05, 3.63) is 83.4 Å². The molecule has 0 saturated carbocycles. The van der Waals surface area contributed by atoms with Crippen LogP contribution in [-0.4, -0.2) is 29.3 Å². The average molecular weight is 408 g/mol. The number of rotatable bonds is 4. The summed E-state index contributed by atoms with van der Waals surface area (Å²) >= 11 is 0. The Hall–Kier alpha value is -3.26. The fourth-order valence-electron chi connectivity index (χ4n) is 3.23. The van der Waals surface area contributed by atoms with Crippen molar-refractivity contribution in [3.63, 3.8) is 0 Å². The minimum Gasteiger partial charge on any atom is -0.332 e. The lowest BCUT2D eigenvalue weighted by atomic mass is 10.2. The fraction of sp³-hybridized carbons (Fsp3) is 0.190. The summed E-state index contributed by atoms with van der Waals surface area (Å²) in [5, 5.41) is 2.83. The molecular weight excluding hydrogens is 388 g/mol. The zero-order chi connectivity index (χ0) is 20.4. The number of carbonyl (C=O) groups is 1. The smallest absolute Gasteiger partial charge is 0.318 e. The second kappa shape index (κ2) is 7.63. The second-order valence-corrected chi connectivity index (χ2v) is 8.91. The maximum absolute atomic E-state index is 12.7. The molecule has 3 aromatic rings. The van der Waals surface area contributed by atoms with Gasteiger partial charge >= 0.3 is 6.03 Å². The highest BCUT2D eigenvalue weighted by molar-refractivity contribution is 7.91. The Morgan fingerprint density at radius 1 is 1.07 bits per heavy atom. The van der Waals surface area contributed by atoms with Crippen LogP contribution < -0.4 is 5.32 Å². The summed E-state index contributed by atoms with van der Waals surface area (Å²) in [5.41, 5.74) is 3.60. The predicted octanol–water partition coefficient (Wildman–Crippen LogP) is 2.84. The highest BCUT2D eigenvalue weighted by atomic mass is 32.2. The average Bonchev–Trinajstić information content (AvgIpc) is 3.17. The molecule has 1 aliphatic heterocycles. The first kappa shape index (κ1) is 19.1. The number of hydrogen-bond acceptors (Lipinski definition) is 5. The summed E-state index contributed by atoms with van der Waals surface area (Å²) in [6, 6.07) is 11.6. The Morgan fingerprint density at radius 3 is 2.62 bits per heavy atom. The van der Waals surface area contributed by atoms with Gasteiger partial charge in [0.05, 0.1) is 22.0 Å². The first-order chi connectivity index (χ1) is 13.9. The van der Waals surface area contributed by atoms with Crippen molar-refractivity contribution >= 4 is 15.9 Å². The largest absolute Gasteiger partial charge is 0.332 e. The number of benzene rings is 1. The molecule has 1 aromatic carbocycles. The quantitative estimate of drug-likeness (QED) is 0.717. The molecule has 4 rings (SSSR count). The first-order valence-electron chi connectivity index (χ1n) is 9.15. The van der Waals surface area contributed by atoms with E-state index in [1.165, 1.54) is 12.3 Å². The van der Waals surface area contributed by atoms with Gasteiger partial charge in [-0.1, -0.05) is 12.1 Å². The normalized spacial score (nSPS) is 13.2. The van der Waals surface area contributed by atoms with Crippen molar-refractivity contribution < 1.29 is 13.2 Å². The Kier molecular flexibility index (Phi) is 5.02. The van der Waals surface area contributed by atoms with E-state index < -0.39 is 9.84 Å². The van der Waals surface area contributed by atoms with Gasteiger partial charge in [0.1, 0.15) is 0 Å². The van der Waals surface area contributed by atoms with Gasteiger partial charge in [-0.05, 0) is 53.9 Å². The lowest BCUT2D eigenvalue weighted by Crippen LogP contribution is -2.36. The molecule has 29 heavy (non-hydrogen) atoms. The van der Waals surface area contributed by atoms with E-state index in [-0.39, 0.29) is 22.4 Å². The molecule has 1 N–H and O–H groups in total. The third-order valence-corrected chi connectivity index (χ3v) is 6.58. The molecule has 7 nitrogen and oxygen atoms in total. The van der Waals surface area contributed by atoms with Crippen molar-refractivity contribution in [1.82, 2.24) is 20.2 Å². The Labute approximate surface area is 169 Å². The number of nitrogens with one attached hydrogen (secondary N) is 1. The van der Waals surface area contributed by atoms with Crippen LogP contribution in [0, 0.1) is 6.92 Å². The SMILES string of the molecule is Cc1cccc(S(=O)(=O)c2ccc(CNC(=O)N3Cc4ccncc4C3)nc2)c1. The van der Waals surface area contributed by atoms with Crippen LogP contribution in [0.1, 0.15) is 22.4 Å². The van der Waals surface area contributed by atoms with Gasteiger partial charge < -0.3 is 10.2 Å². The van der Waals surface area contributed by atoms with Gasteiger partial charge in [-0.15, -0.1) is 0 Å². The Balaban J connectivity index is 1.39. The summed E-state index contributed by atoms with van der Waals surface area (Å²) < 4.78 is 25.4. The molecule has 3 heterocycles. The van der Waals surface area contributed by atoms with Gasteiger partial charge in [0.25, 0.3) is 0 Å². The number of urea groups is 1. The Morgan fingerprint density at radius 2 is 1.90 bits per heavy atom. The number of nitrogens with zero attached hydrogens (tertiary/aromatic N) is 3. The third-order valence-electron chi connectivity index (χ3n) is 4.84. The number of aryl methyl sites for hydroxylation is 1. The van der Waals surface area contributed by atoms with Gasteiger partial charge in [-0.2, -0.15) is 0 Å². The molecule has 0 atom stereocenters. The minimum absolute atomic E-state index is 0.126. The molecule has 0 saturated heterocycles. The monoisotopic (exact) mass is 408 g/mol. The van der Waals surface area contributed by atoms with Crippen molar-refractivity contribution in [3.8, 4) is 0 Å². The van der Waals surface area contributed by atoms with Crippen molar-refractivity contribution in [2.24, 2.45) is 0 Å². The minimum atomic E-state index is -3.62. The number of carbonyl (C=O) groups excluding carboxylic acids is 1. The predicted molar refractivity (Wildman–Crippen MR) is 107 cm³/mol. The van der Waals surface area contributed by atoms with Crippen LogP contribution in [0.4, 0.5) is 4.79 Å². The van der Waals surface area contributed by atoms with Crippen LogP contribution in [-0.2, 0) is 29.5 Å². The van der Waals surface area contributed by atoms with Gasteiger partial charge in [0.2, 0.25) is 9.84 Å². The highest BCUT2D eigenvalue weighted by Gasteiger charge is 2.23. The van der Waals surface area contributed by atoms with Crippen LogP contribution in [0.15, 0.2) is 70.8 Å². The van der Waals surface area contributed by atoms with E-state index >= 15 is 0 Å². The van der Waals surface area contributed by atoms with E-state index in [0.717, 1.165) is 16.7 Å². The van der Waals surface area contributed by atoms with Gasteiger partial charge in [0, 0.05) is 31.7 Å². The van der Waals surface area contributed by atoms with E-state index in [0.29, 0.717) is 18.8 Å². The highest BCUT2D eigenvalue weighted by Crippen LogP contribution is 2.22. The topological polar surface area (TPSA) is 92.3 Å². The number of hydrogen-bond donors (Lipinski definition) is 1. The number of fused-ring (bicyclic) bond motifs is 1. The van der Waals surface area contributed by atoms with E-state index in [4.69, 9.17) is 0 Å². The van der Waals surface area contributed by atoms with E-state index in [2.05, 4.69) is 15.3 Å². The van der Waals surface area contributed by atoms with Crippen LogP contribution in [0.25, 0.3) is 0 Å². The van der Waals surface area contributed by atoms with Crippen LogP contribution >= 0.6 is 0 Å². The molecule has 2 aromatic heterocycles. The van der Waals surface area contributed by atoms with Crippen molar-refractivity contribution in [1.29, 1.82) is 0 Å². The molecule has 148 valence electrons. The Bertz CT molecular complexity index is 1140. The number of amides is 2. The second-order valence-electron chi connectivity index (χ2n) is 6.96. The molecule has 0 aliphatic carbocycles. The molecule has 2 amide bonds. The number of sulfone groups is 1. The van der Waals surface area contributed by atoms with E-state index in [9.17, 15) is 13.2 Å². The zero-order valence-corrected chi connectivity index (χ0v) is 16.7.